The molecule has 0 spiro atoms. The smallest absolute Gasteiger partial charge is 0.260 e. The largest absolute Gasteiger partial charge is 0.381 e. The number of anilines is 1. The number of halogens is 2. The molecule has 0 radical (unpaired) electrons. The third-order valence-corrected chi connectivity index (χ3v) is 7.61. The van der Waals surface area contributed by atoms with Crippen molar-refractivity contribution in [3.05, 3.63) is 106 Å². The second-order valence-corrected chi connectivity index (χ2v) is 10.3. The molecule has 5 aromatic rings. The minimum atomic E-state index is -0.583. The Bertz CT molecular complexity index is 1770. The molecule has 0 saturated carbocycles. The molecule has 4 heterocycles. The molecule has 7 nitrogen and oxygen atoms in total. The third kappa shape index (κ3) is 5.20. The first kappa shape index (κ1) is 26.1. The quantitative estimate of drug-likeness (QED) is 0.249. The molecule has 40 heavy (non-hydrogen) atoms. The monoisotopic (exact) mass is 555 g/mol. The van der Waals surface area contributed by atoms with E-state index in [1.54, 1.807) is 47.2 Å². The lowest BCUT2D eigenvalue weighted by Crippen LogP contribution is -2.29. The fraction of sp³-hybridized carbons (Fsp3) is 0.226. The topological polar surface area (TPSA) is 81.9 Å². The van der Waals surface area contributed by atoms with E-state index in [1.807, 2.05) is 31.2 Å². The number of nitrogens with one attached hydrogen (secondary N) is 1. The zero-order chi connectivity index (χ0) is 27.6. The van der Waals surface area contributed by atoms with Crippen LogP contribution in [0.5, 0.6) is 0 Å². The molecule has 0 aliphatic carbocycles. The number of benzene rings is 2. The van der Waals surface area contributed by atoms with Crippen LogP contribution in [0.25, 0.3) is 33.3 Å². The summed E-state index contributed by atoms with van der Waals surface area (Å²) in [6.07, 6.45) is 4.86. The van der Waals surface area contributed by atoms with E-state index in [1.165, 1.54) is 6.20 Å². The van der Waals surface area contributed by atoms with Gasteiger partial charge < -0.3 is 10.1 Å². The number of rotatable bonds is 6. The van der Waals surface area contributed by atoms with Crippen LogP contribution in [0, 0.1) is 12.9 Å². The van der Waals surface area contributed by atoms with Crippen LogP contribution in [-0.2, 0) is 11.3 Å². The summed E-state index contributed by atoms with van der Waals surface area (Å²) in [4.78, 5) is 27.2. The fourth-order valence-corrected chi connectivity index (χ4v) is 5.34. The van der Waals surface area contributed by atoms with E-state index in [2.05, 4.69) is 15.3 Å². The SMILES string of the molecule is Cc1ccccc1Cn1c(=O)c(-c2ccc(-c3cccnc3F)cc2Cl)cc2cnc(NC3CCOCC3)nc21. The van der Waals surface area contributed by atoms with Gasteiger partial charge in [0.25, 0.3) is 5.56 Å². The Morgan fingerprint density at radius 3 is 2.62 bits per heavy atom. The van der Waals surface area contributed by atoms with Crippen LogP contribution >= 0.6 is 11.6 Å². The van der Waals surface area contributed by atoms with Crippen LogP contribution in [0.15, 0.2) is 77.9 Å². The van der Waals surface area contributed by atoms with E-state index in [4.69, 9.17) is 21.3 Å². The first-order valence-corrected chi connectivity index (χ1v) is 13.6. The average molecular weight is 556 g/mol. The molecule has 1 aliphatic heterocycles. The standard InChI is InChI=1S/C31H27ClFN5O2/c1-19-5-2-3-6-21(19)18-38-29-22(17-35-31(37-29)36-23-10-13-40-14-11-23)15-26(30(38)39)25-9-8-20(16-27(25)32)24-7-4-12-34-28(24)33/h2-9,12,15-17,23H,10-11,13-14,18H2,1H3,(H,35,36,37). The number of hydrogen-bond acceptors (Lipinski definition) is 6. The number of aryl methyl sites for hydroxylation is 1. The van der Waals surface area contributed by atoms with Crippen molar-refractivity contribution in [3.63, 3.8) is 0 Å². The van der Waals surface area contributed by atoms with E-state index in [9.17, 15) is 9.18 Å². The molecule has 0 amide bonds. The molecule has 0 atom stereocenters. The predicted molar refractivity (Wildman–Crippen MR) is 155 cm³/mol. The van der Waals surface area contributed by atoms with Gasteiger partial charge in [-0.25, -0.2) is 9.97 Å². The van der Waals surface area contributed by atoms with E-state index >= 15 is 0 Å². The highest BCUT2D eigenvalue weighted by Gasteiger charge is 2.19. The van der Waals surface area contributed by atoms with E-state index < -0.39 is 5.95 Å². The van der Waals surface area contributed by atoms with Gasteiger partial charge >= 0.3 is 0 Å². The Morgan fingerprint density at radius 1 is 1.02 bits per heavy atom. The second kappa shape index (κ2) is 11.2. The highest BCUT2D eigenvalue weighted by Crippen LogP contribution is 2.33. The van der Waals surface area contributed by atoms with Crippen LogP contribution in [-0.4, -0.2) is 38.8 Å². The summed E-state index contributed by atoms with van der Waals surface area (Å²) in [5.74, 6) is -0.106. The number of ether oxygens (including phenoxy) is 1. The zero-order valence-electron chi connectivity index (χ0n) is 21.9. The van der Waals surface area contributed by atoms with Crippen molar-refractivity contribution in [2.75, 3.05) is 18.5 Å². The van der Waals surface area contributed by atoms with Crippen molar-refractivity contribution >= 4 is 28.6 Å². The molecule has 202 valence electrons. The van der Waals surface area contributed by atoms with Crippen molar-refractivity contribution < 1.29 is 9.13 Å². The molecule has 0 bridgehead atoms. The third-order valence-electron chi connectivity index (χ3n) is 7.30. The van der Waals surface area contributed by atoms with Crippen LogP contribution in [0.3, 0.4) is 0 Å². The minimum absolute atomic E-state index is 0.212. The summed E-state index contributed by atoms with van der Waals surface area (Å²) in [6, 6.07) is 18.4. The molecule has 1 N–H and O–H groups in total. The van der Waals surface area contributed by atoms with Crippen molar-refractivity contribution in [1.82, 2.24) is 19.5 Å². The maximum atomic E-state index is 14.3. The van der Waals surface area contributed by atoms with Crippen molar-refractivity contribution in [2.45, 2.75) is 32.4 Å². The van der Waals surface area contributed by atoms with Crippen LogP contribution < -0.4 is 10.9 Å². The molecule has 0 unspecified atom stereocenters. The van der Waals surface area contributed by atoms with Gasteiger partial charge in [0.1, 0.15) is 5.65 Å². The number of fused-ring (bicyclic) bond motifs is 1. The van der Waals surface area contributed by atoms with Crippen molar-refractivity contribution in [2.24, 2.45) is 0 Å². The Morgan fingerprint density at radius 2 is 1.85 bits per heavy atom. The molecule has 3 aromatic heterocycles. The first-order valence-electron chi connectivity index (χ1n) is 13.2. The van der Waals surface area contributed by atoms with Gasteiger partial charge in [-0.3, -0.25) is 9.36 Å². The average Bonchev–Trinajstić information content (AvgIpc) is 2.96. The van der Waals surface area contributed by atoms with Gasteiger partial charge in [-0.15, -0.1) is 0 Å². The highest BCUT2D eigenvalue weighted by molar-refractivity contribution is 6.33. The van der Waals surface area contributed by atoms with E-state index in [0.717, 1.165) is 24.0 Å². The number of aromatic nitrogens is 4. The Hall–Kier alpha value is -4.14. The molecule has 9 heteroatoms. The normalized spacial score (nSPS) is 14.0. The van der Waals surface area contributed by atoms with Crippen LogP contribution in [0.4, 0.5) is 10.3 Å². The van der Waals surface area contributed by atoms with Crippen LogP contribution in [0.1, 0.15) is 24.0 Å². The Kier molecular flexibility index (Phi) is 7.28. The minimum Gasteiger partial charge on any atom is -0.381 e. The predicted octanol–water partition coefficient (Wildman–Crippen LogP) is 6.26. The van der Waals surface area contributed by atoms with Gasteiger partial charge in [0.15, 0.2) is 0 Å². The van der Waals surface area contributed by atoms with E-state index in [-0.39, 0.29) is 11.6 Å². The molecule has 2 aromatic carbocycles. The van der Waals surface area contributed by atoms with E-state index in [0.29, 0.717) is 64.0 Å². The van der Waals surface area contributed by atoms with Gasteiger partial charge in [0, 0.05) is 58.7 Å². The zero-order valence-corrected chi connectivity index (χ0v) is 22.7. The summed E-state index contributed by atoms with van der Waals surface area (Å²) in [7, 11) is 0. The fourth-order valence-electron chi connectivity index (χ4n) is 5.05. The number of nitrogens with zero attached hydrogens (tertiary/aromatic N) is 4. The summed E-state index contributed by atoms with van der Waals surface area (Å²) in [5.41, 5.74) is 4.26. The summed E-state index contributed by atoms with van der Waals surface area (Å²) < 4.78 is 21.4. The molecule has 1 saturated heterocycles. The Balaban J connectivity index is 1.47. The van der Waals surface area contributed by atoms with Crippen molar-refractivity contribution in [3.8, 4) is 22.3 Å². The van der Waals surface area contributed by atoms with Gasteiger partial charge in [0.2, 0.25) is 11.9 Å². The maximum absolute atomic E-state index is 14.3. The van der Waals surface area contributed by atoms with Gasteiger partial charge in [-0.2, -0.15) is 9.37 Å². The van der Waals surface area contributed by atoms with Gasteiger partial charge in [-0.1, -0.05) is 48.0 Å². The lowest BCUT2D eigenvalue weighted by molar-refractivity contribution is 0.0903. The summed E-state index contributed by atoms with van der Waals surface area (Å²) >= 11 is 6.72. The first-order chi connectivity index (χ1) is 19.5. The summed E-state index contributed by atoms with van der Waals surface area (Å²) in [6.45, 7) is 3.74. The molecule has 6 rings (SSSR count). The number of pyridine rings is 2. The lowest BCUT2D eigenvalue weighted by Gasteiger charge is -2.23. The lowest BCUT2D eigenvalue weighted by atomic mass is 10.0. The van der Waals surface area contributed by atoms with Crippen LogP contribution in [0.2, 0.25) is 5.02 Å². The number of hydrogen-bond donors (Lipinski definition) is 1. The molecular weight excluding hydrogens is 529 g/mol. The highest BCUT2D eigenvalue weighted by atomic mass is 35.5. The summed E-state index contributed by atoms with van der Waals surface area (Å²) in [5, 5.41) is 4.44. The maximum Gasteiger partial charge on any atom is 0.260 e. The molecule has 1 fully saturated rings. The second-order valence-electron chi connectivity index (χ2n) is 9.92. The van der Waals surface area contributed by atoms with Gasteiger partial charge in [0.05, 0.1) is 6.54 Å². The Labute approximate surface area is 235 Å². The molecule has 1 aliphatic rings. The molecular formula is C31H27ClFN5O2. The van der Waals surface area contributed by atoms with Crippen molar-refractivity contribution in [1.29, 1.82) is 0 Å². The van der Waals surface area contributed by atoms with Gasteiger partial charge in [-0.05, 0) is 60.7 Å².